The van der Waals surface area contributed by atoms with Gasteiger partial charge in [-0.25, -0.2) is 0 Å². The van der Waals surface area contributed by atoms with Crippen LogP contribution in [0.25, 0.3) is 0 Å². The van der Waals surface area contributed by atoms with E-state index in [9.17, 15) is 4.79 Å². The van der Waals surface area contributed by atoms with Gasteiger partial charge in [0.1, 0.15) is 5.75 Å². The average Bonchev–Trinajstić information content (AvgIpc) is 2.91. The summed E-state index contributed by atoms with van der Waals surface area (Å²) in [7, 11) is 3.45. The lowest BCUT2D eigenvalue weighted by atomic mass is 10.2. The number of rotatable bonds is 6. The number of ether oxygens (including phenoxy) is 1. The quantitative estimate of drug-likeness (QED) is 0.809. The highest BCUT2D eigenvalue weighted by atomic mass is 35.5. The maximum atomic E-state index is 12.5. The lowest BCUT2D eigenvalue weighted by molar-refractivity contribution is -0.120. The Morgan fingerprint density at radius 1 is 1.35 bits per heavy atom. The van der Waals surface area contributed by atoms with E-state index in [0.29, 0.717) is 23.0 Å². The van der Waals surface area contributed by atoms with E-state index in [0.717, 1.165) is 9.21 Å². The molecule has 0 unspecified atom stereocenters. The molecule has 1 aromatic carbocycles. The van der Waals surface area contributed by atoms with E-state index in [-0.39, 0.29) is 11.9 Å². The minimum Gasteiger partial charge on any atom is -0.495 e. The number of carbonyl (C=O) groups excluding carboxylic acids is 1. The molecular weight excluding hydrogens is 355 g/mol. The summed E-state index contributed by atoms with van der Waals surface area (Å²) in [6.45, 7) is 2.50. The van der Waals surface area contributed by atoms with Gasteiger partial charge in [-0.05, 0) is 44.3 Å². The molecule has 0 aliphatic heterocycles. The Bertz CT molecular complexity index is 690. The van der Waals surface area contributed by atoms with Crippen LogP contribution in [0.3, 0.4) is 0 Å². The van der Waals surface area contributed by atoms with Crippen molar-refractivity contribution in [3.05, 3.63) is 44.6 Å². The second-order valence-electron chi connectivity index (χ2n) is 5.13. The second kappa shape index (κ2) is 8.02. The number of halogens is 2. The Labute approximate surface area is 150 Å². The number of methoxy groups -OCH3 is 1. The molecule has 1 atom stereocenters. The summed E-state index contributed by atoms with van der Waals surface area (Å²) in [5.41, 5.74) is 0.560. The predicted octanol–water partition coefficient (Wildman–Crippen LogP) is 4.52. The molecule has 1 amide bonds. The first-order valence-electron chi connectivity index (χ1n) is 6.99. The third-order valence-corrected chi connectivity index (χ3v) is 4.95. The van der Waals surface area contributed by atoms with Gasteiger partial charge in [0, 0.05) is 16.4 Å². The number of hydrogen-bond donors (Lipinski definition) is 1. The van der Waals surface area contributed by atoms with Gasteiger partial charge in [0.2, 0.25) is 5.91 Å². The van der Waals surface area contributed by atoms with Crippen LogP contribution in [0.5, 0.6) is 5.75 Å². The van der Waals surface area contributed by atoms with Crippen LogP contribution in [0.4, 0.5) is 5.69 Å². The van der Waals surface area contributed by atoms with Gasteiger partial charge >= 0.3 is 0 Å². The van der Waals surface area contributed by atoms with Crippen molar-refractivity contribution in [3.63, 3.8) is 0 Å². The van der Waals surface area contributed by atoms with E-state index in [1.165, 1.54) is 11.3 Å². The first-order valence-corrected chi connectivity index (χ1v) is 8.57. The topological polar surface area (TPSA) is 41.6 Å². The minimum absolute atomic E-state index is 0.129. The minimum atomic E-state index is -0.320. The van der Waals surface area contributed by atoms with Gasteiger partial charge in [-0.2, -0.15) is 0 Å². The first kappa shape index (κ1) is 18.1. The number of nitrogens with zero attached hydrogens (tertiary/aromatic N) is 1. The number of carbonyl (C=O) groups is 1. The zero-order chi connectivity index (χ0) is 17.0. The van der Waals surface area contributed by atoms with Crippen LogP contribution in [0.15, 0.2) is 30.3 Å². The lowest BCUT2D eigenvalue weighted by Crippen LogP contribution is -2.39. The summed E-state index contributed by atoms with van der Waals surface area (Å²) < 4.78 is 5.98. The lowest BCUT2D eigenvalue weighted by Gasteiger charge is -2.23. The average molecular weight is 373 g/mol. The predicted molar refractivity (Wildman–Crippen MR) is 96.9 cm³/mol. The molecule has 2 aromatic rings. The van der Waals surface area contributed by atoms with Gasteiger partial charge in [-0.3, -0.25) is 9.69 Å². The molecule has 0 spiro atoms. The van der Waals surface area contributed by atoms with Crippen LogP contribution in [0.2, 0.25) is 9.36 Å². The van der Waals surface area contributed by atoms with Crippen LogP contribution in [0, 0.1) is 0 Å². The molecule has 1 aromatic heterocycles. The fourth-order valence-electron chi connectivity index (χ4n) is 2.03. The summed E-state index contributed by atoms with van der Waals surface area (Å²) in [5.74, 6) is 0.443. The van der Waals surface area contributed by atoms with Gasteiger partial charge < -0.3 is 10.1 Å². The number of likely N-dealkylation sites (N-methyl/N-ethyl adjacent to an activating group) is 1. The third-order valence-electron chi connectivity index (χ3n) is 3.49. The number of thiophene rings is 1. The number of amides is 1. The zero-order valence-electron chi connectivity index (χ0n) is 13.1. The van der Waals surface area contributed by atoms with Crippen molar-refractivity contribution in [2.24, 2.45) is 0 Å². The molecule has 2 rings (SSSR count). The Morgan fingerprint density at radius 3 is 2.70 bits per heavy atom. The summed E-state index contributed by atoms with van der Waals surface area (Å²) in [4.78, 5) is 15.5. The van der Waals surface area contributed by atoms with E-state index in [4.69, 9.17) is 27.9 Å². The van der Waals surface area contributed by atoms with Crippen molar-refractivity contribution in [2.75, 3.05) is 19.5 Å². The highest BCUT2D eigenvalue weighted by Crippen LogP contribution is 2.28. The third kappa shape index (κ3) is 4.85. The van der Waals surface area contributed by atoms with Crippen LogP contribution in [-0.4, -0.2) is 31.0 Å². The fraction of sp³-hybridized carbons (Fsp3) is 0.312. The monoisotopic (exact) mass is 372 g/mol. The molecule has 0 fully saturated rings. The van der Waals surface area contributed by atoms with Gasteiger partial charge in [0.15, 0.2) is 0 Å². The molecule has 23 heavy (non-hydrogen) atoms. The standard InChI is InChI=1S/C16H18Cl2N2O2S/c1-10(20(2)9-12-5-7-15(18)23-12)16(21)19-13-8-11(17)4-6-14(13)22-3/h4-8,10H,9H2,1-3H3,(H,19,21)/t10-/m0/s1. The molecule has 124 valence electrons. The van der Waals surface area contributed by atoms with E-state index in [1.807, 2.05) is 31.0 Å². The summed E-state index contributed by atoms with van der Waals surface area (Å²) in [6.07, 6.45) is 0. The summed E-state index contributed by atoms with van der Waals surface area (Å²) in [6, 6.07) is 8.61. The van der Waals surface area contributed by atoms with Crippen molar-refractivity contribution < 1.29 is 9.53 Å². The smallest absolute Gasteiger partial charge is 0.241 e. The number of anilines is 1. The van der Waals surface area contributed by atoms with Gasteiger partial charge in [0.05, 0.1) is 23.2 Å². The summed E-state index contributed by atoms with van der Waals surface area (Å²) in [5, 5.41) is 3.40. The summed E-state index contributed by atoms with van der Waals surface area (Å²) >= 11 is 13.4. The highest BCUT2D eigenvalue weighted by molar-refractivity contribution is 7.16. The second-order valence-corrected chi connectivity index (χ2v) is 7.37. The van der Waals surface area contributed by atoms with E-state index >= 15 is 0 Å². The van der Waals surface area contributed by atoms with Crippen molar-refractivity contribution in [3.8, 4) is 5.75 Å². The van der Waals surface area contributed by atoms with Gasteiger partial charge in [-0.15, -0.1) is 11.3 Å². The van der Waals surface area contributed by atoms with Crippen LogP contribution in [0.1, 0.15) is 11.8 Å². The molecule has 1 N–H and O–H groups in total. The molecule has 0 aliphatic rings. The Balaban J connectivity index is 2.03. The SMILES string of the molecule is COc1ccc(Cl)cc1NC(=O)[C@H](C)N(C)Cc1ccc(Cl)s1. The molecule has 1 heterocycles. The molecule has 0 bridgehead atoms. The van der Waals surface area contributed by atoms with Crippen molar-refractivity contribution in [1.82, 2.24) is 4.90 Å². The van der Waals surface area contributed by atoms with E-state index in [1.54, 1.807) is 25.3 Å². The van der Waals surface area contributed by atoms with Crippen LogP contribution < -0.4 is 10.1 Å². The Morgan fingerprint density at radius 2 is 2.09 bits per heavy atom. The molecule has 4 nitrogen and oxygen atoms in total. The van der Waals surface area contributed by atoms with E-state index in [2.05, 4.69) is 5.32 Å². The highest BCUT2D eigenvalue weighted by Gasteiger charge is 2.20. The maximum absolute atomic E-state index is 12.5. The molecule has 0 saturated carbocycles. The van der Waals surface area contributed by atoms with Crippen molar-refractivity contribution in [2.45, 2.75) is 19.5 Å². The first-order chi connectivity index (χ1) is 10.9. The van der Waals surface area contributed by atoms with Crippen LogP contribution >= 0.6 is 34.5 Å². The maximum Gasteiger partial charge on any atom is 0.241 e. The van der Waals surface area contributed by atoms with Crippen molar-refractivity contribution in [1.29, 1.82) is 0 Å². The Hall–Kier alpha value is -1.27. The number of benzene rings is 1. The van der Waals surface area contributed by atoms with Crippen molar-refractivity contribution >= 4 is 46.1 Å². The number of nitrogens with one attached hydrogen (secondary N) is 1. The molecular formula is C16H18Cl2N2O2S. The molecule has 7 heteroatoms. The number of hydrogen-bond acceptors (Lipinski definition) is 4. The molecule has 0 radical (unpaired) electrons. The van der Waals surface area contributed by atoms with E-state index < -0.39 is 0 Å². The Kier molecular flexibility index (Phi) is 6.30. The van der Waals surface area contributed by atoms with Gasteiger partial charge in [0.25, 0.3) is 0 Å². The normalized spacial score (nSPS) is 12.3. The molecule has 0 aliphatic carbocycles. The van der Waals surface area contributed by atoms with Gasteiger partial charge in [-0.1, -0.05) is 23.2 Å². The van der Waals surface area contributed by atoms with Crippen LogP contribution in [-0.2, 0) is 11.3 Å². The largest absolute Gasteiger partial charge is 0.495 e. The fourth-order valence-corrected chi connectivity index (χ4v) is 3.36. The zero-order valence-corrected chi connectivity index (χ0v) is 15.4. The molecule has 0 saturated heterocycles.